The van der Waals surface area contributed by atoms with E-state index < -0.39 is 0 Å². The zero-order valence-electron chi connectivity index (χ0n) is 13.0. The van der Waals surface area contributed by atoms with Crippen LogP contribution in [0.15, 0.2) is 0 Å². The molecule has 3 nitrogen and oxygen atoms in total. The molecule has 1 aliphatic heterocycles. The van der Waals surface area contributed by atoms with Crippen LogP contribution >= 0.6 is 0 Å². The Labute approximate surface area is 123 Å². The lowest BCUT2D eigenvalue weighted by molar-refractivity contribution is -0.0982. The lowest BCUT2D eigenvalue weighted by Crippen LogP contribution is -2.47. The lowest BCUT2D eigenvalue weighted by Gasteiger charge is -2.41. The van der Waals surface area contributed by atoms with Gasteiger partial charge in [0.2, 0.25) is 0 Å². The third kappa shape index (κ3) is 4.19. The highest BCUT2D eigenvalue weighted by atomic mass is 16.5. The molecule has 20 heavy (non-hydrogen) atoms. The van der Waals surface area contributed by atoms with Crippen molar-refractivity contribution in [1.29, 1.82) is 0 Å². The number of hydrogen-bond acceptors (Lipinski definition) is 3. The van der Waals surface area contributed by atoms with E-state index in [1.165, 1.54) is 51.4 Å². The van der Waals surface area contributed by atoms with Crippen molar-refractivity contribution in [3.63, 3.8) is 0 Å². The van der Waals surface area contributed by atoms with Crippen molar-refractivity contribution < 1.29 is 9.47 Å². The van der Waals surface area contributed by atoms with Crippen LogP contribution in [0.3, 0.4) is 0 Å². The second kappa shape index (κ2) is 6.76. The van der Waals surface area contributed by atoms with Crippen molar-refractivity contribution in [3.05, 3.63) is 0 Å². The molecule has 1 heterocycles. The smallest absolute Gasteiger partial charge is 0.0806 e. The average molecular weight is 281 g/mol. The molecule has 0 amide bonds. The Morgan fingerprint density at radius 2 is 1.75 bits per heavy atom. The molecule has 1 saturated heterocycles. The van der Waals surface area contributed by atoms with Crippen molar-refractivity contribution in [1.82, 2.24) is 5.32 Å². The maximum Gasteiger partial charge on any atom is 0.0806 e. The normalized spacial score (nSPS) is 36.1. The van der Waals surface area contributed by atoms with E-state index in [1.54, 1.807) is 0 Å². The standard InChI is InChI=1S/C17H31NO2/c1-14-4-8-17(9-5-14,13-18-16-2-3-16)20-12-15-6-10-19-11-7-15/h14-16,18H,2-13H2,1H3. The molecule has 1 N–H and O–H groups in total. The second-order valence-electron chi connectivity index (χ2n) is 7.39. The molecule has 116 valence electrons. The second-order valence-corrected chi connectivity index (χ2v) is 7.39. The van der Waals surface area contributed by atoms with E-state index in [0.29, 0.717) is 0 Å². The van der Waals surface area contributed by atoms with Gasteiger partial charge in [0, 0.05) is 25.8 Å². The van der Waals surface area contributed by atoms with Crippen LogP contribution in [0.2, 0.25) is 0 Å². The molecule has 3 aliphatic rings. The Balaban J connectivity index is 1.50. The van der Waals surface area contributed by atoms with Crippen LogP contribution < -0.4 is 5.32 Å². The Morgan fingerprint density at radius 1 is 1.05 bits per heavy atom. The van der Waals surface area contributed by atoms with E-state index >= 15 is 0 Å². The van der Waals surface area contributed by atoms with Crippen LogP contribution in [-0.2, 0) is 9.47 Å². The molecule has 0 atom stereocenters. The van der Waals surface area contributed by atoms with Gasteiger partial charge in [0.05, 0.1) is 12.2 Å². The van der Waals surface area contributed by atoms with Crippen molar-refractivity contribution in [3.8, 4) is 0 Å². The van der Waals surface area contributed by atoms with Crippen LogP contribution in [0.25, 0.3) is 0 Å². The van der Waals surface area contributed by atoms with Gasteiger partial charge in [-0.3, -0.25) is 0 Å². The zero-order chi connectivity index (χ0) is 13.8. The van der Waals surface area contributed by atoms with Crippen molar-refractivity contribution in [2.24, 2.45) is 11.8 Å². The molecule has 0 unspecified atom stereocenters. The fourth-order valence-electron chi connectivity index (χ4n) is 3.49. The SMILES string of the molecule is CC1CCC(CNC2CC2)(OCC2CCOCC2)CC1. The average Bonchev–Trinajstić information content (AvgIpc) is 3.31. The van der Waals surface area contributed by atoms with E-state index in [4.69, 9.17) is 9.47 Å². The Kier molecular flexibility index (Phi) is 5.00. The third-order valence-corrected chi connectivity index (χ3v) is 5.44. The largest absolute Gasteiger partial charge is 0.381 e. The summed E-state index contributed by atoms with van der Waals surface area (Å²) in [7, 11) is 0. The van der Waals surface area contributed by atoms with Crippen molar-refractivity contribution in [2.45, 2.75) is 69.9 Å². The van der Waals surface area contributed by atoms with Crippen molar-refractivity contribution >= 4 is 0 Å². The molecule has 2 aliphatic carbocycles. The first-order valence-corrected chi connectivity index (χ1v) is 8.71. The minimum atomic E-state index is 0.132. The van der Waals surface area contributed by atoms with Gasteiger partial charge in [-0.15, -0.1) is 0 Å². The molecule has 3 rings (SSSR count). The molecule has 2 saturated carbocycles. The molecule has 0 bridgehead atoms. The summed E-state index contributed by atoms with van der Waals surface area (Å²) in [4.78, 5) is 0. The quantitative estimate of drug-likeness (QED) is 0.811. The minimum absolute atomic E-state index is 0.132. The summed E-state index contributed by atoms with van der Waals surface area (Å²) in [5, 5.41) is 3.72. The third-order valence-electron chi connectivity index (χ3n) is 5.44. The van der Waals surface area contributed by atoms with Gasteiger partial charge in [-0.1, -0.05) is 6.92 Å². The monoisotopic (exact) mass is 281 g/mol. The maximum atomic E-state index is 6.52. The highest BCUT2D eigenvalue weighted by molar-refractivity contribution is 4.92. The van der Waals surface area contributed by atoms with Gasteiger partial charge in [-0.25, -0.2) is 0 Å². The van der Waals surface area contributed by atoms with Gasteiger partial charge >= 0.3 is 0 Å². The van der Waals surface area contributed by atoms with Gasteiger partial charge in [0.25, 0.3) is 0 Å². The highest BCUT2D eigenvalue weighted by Crippen LogP contribution is 2.36. The Morgan fingerprint density at radius 3 is 2.40 bits per heavy atom. The van der Waals surface area contributed by atoms with Crippen LogP contribution in [0.1, 0.15) is 58.3 Å². The number of ether oxygens (including phenoxy) is 2. The van der Waals surface area contributed by atoms with Gasteiger partial charge in [-0.05, 0) is 63.2 Å². The minimum Gasteiger partial charge on any atom is -0.381 e. The predicted octanol–water partition coefficient (Wildman–Crippen LogP) is 3.13. The summed E-state index contributed by atoms with van der Waals surface area (Å²) in [5.41, 5.74) is 0.132. The highest BCUT2D eigenvalue weighted by Gasteiger charge is 2.37. The van der Waals surface area contributed by atoms with Crippen LogP contribution in [-0.4, -0.2) is 38.0 Å². The van der Waals surface area contributed by atoms with Crippen LogP contribution in [0.5, 0.6) is 0 Å². The fourth-order valence-corrected chi connectivity index (χ4v) is 3.49. The van der Waals surface area contributed by atoms with E-state index in [9.17, 15) is 0 Å². The summed E-state index contributed by atoms with van der Waals surface area (Å²) in [6.07, 6.45) is 10.3. The molecule has 3 fully saturated rings. The Hall–Kier alpha value is -0.120. The molecule has 3 heteroatoms. The van der Waals surface area contributed by atoms with Gasteiger partial charge in [0.1, 0.15) is 0 Å². The van der Waals surface area contributed by atoms with Crippen LogP contribution in [0.4, 0.5) is 0 Å². The summed E-state index contributed by atoms with van der Waals surface area (Å²) >= 11 is 0. The molecular formula is C17H31NO2. The predicted molar refractivity (Wildman–Crippen MR) is 80.9 cm³/mol. The first kappa shape index (κ1) is 14.8. The van der Waals surface area contributed by atoms with Gasteiger partial charge < -0.3 is 14.8 Å². The molecule has 0 aromatic heterocycles. The van der Waals surface area contributed by atoms with E-state index in [2.05, 4.69) is 12.2 Å². The topological polar surface area (TPSA) is 30.5 Å². The molecule has 0 radical (unpaired) electrons. The number of hydrogen-bond donors (Lipinski definition) is 1. The number of rotatable bonds is 6. The van der Waals surface area contributed by atoms with E-state index in [1.807, 2.05) is 0 Å². The maximum absolute atomic E-state index is 6.52. The lowest BCUT2D eigenvalue weighted by atomic mass is 9.79. The van der Waals surface area contributed by atoms with E-state index in [-0.39, 0.29) is 5.60 Å². The molecule has 0 aromatic carbocycles. The summed E-state index contributed by atoms with van der Waals surface area (Å²) < 4.78 is 12.0. The first-order valence-electron chi connectivity index (χ1n) is 8.71. The molecular weight excluding hydrogens is 250 g/mol. The summed E-state index contributed by atoms with van der Waals surface area (Å²) in [6.45, 7) is 6.27. The summed E-state index contributed by atoms with van der Waals surface area (Å²) in [5.74, 6) is 1.61. The van der Waals surface area contributed by atoms with Crippen molar-refractivity contribution in [2.75, 3.05) is 26.4 Å². The van der Waals surface area contributed by atoms with Crippen LogP contribution in [0, 0.1) is 11.8 Å². The molecule has 0 aromatic rings. The summed E-state index contributed by atoms with van der Waals surface area (Å²) in [6, 6.07) is 0.790. The first-order chi connectivity index (χ1) is 9.76. The fraction of sp³-hybridized carbons (Fsp3) is 1.00. The number of nitrogens with one attached hydrogen (secondary N) is 1. The Bertz CT molecular complexity index is 289. The molecule has 0 spiro atoms. The zero-order valence-corrected chi connectivity index (χ0v) is 13.0. The van der Waals surface area contributed by atoms with E-state index in [0.717, 1.165) is 44.2 Å². The van der Waals surface area contributed by atoms with Gasteiger partial charge in [-0.2, -0.15) is 0 Å². The van der Waals surface area contributed by atoms with Gasteiger partial charge in [0.15, 0.2) is 0 Å².